The molecular weight excluding hydrogens is 460 g/mol. The van der Waals surface area contributed by atoms with E-state index in [0.29, 0.717) is 62.9 Å². The minimum Gasteiger partial charge on any atom is -0.454 e. The van der Waals surface area contributed by atoms with E-state index in [-0.39, 0.29) is 30.6 Å². The second kappa shape index (κ2) is 10.3. The molecule has 0 radical (unpaired) electrons. The third kappa shape index (κ3) is 4.65. The molecule has 5 rings (SSSR count). The van der Waals surface area contributed by atoms with Crippen molar-refractivity contribution in [3.63, 3.8) is 0 Å². The van der Waals surface area contributed by atoms with Gasteiger partial charge < -0.3 is 24.6 Å². The van der Waals surface area contributed by atoms with E-state index in [9.17, 15) is 14.4 Å². The minimum atomic E-state index is -0.847. The highest BCUT2D eigenvalue weighted by Crippen LogP contribution is 2.38. The number of likely N-dealkylation sites (tertiary alicyclic amines) is 2. The number of rotatable bonds is 8. The molecule has 0 aliphatic carbocycles. The topological polar surface area (TPSA) is 91.4 Å². The first-order chi connectivity index (χ1) is 17.4. The van der Waals surface area contributed by atoms with E-state index in [1.165, 1.54) is 11.3 Å². The molecular formula is C27H38N4O5. The highest BCUT2D eigenvalue weighted by atomic mass is 16.7. The number of imide groups is 1. The Morgan fingerprint density at radius 2 is 1.89 bits per heavy atom. The van der Waals surface area contributed by atoms with Gasteiger partial charge in [-0.15, -0.1) is 0 Å². The Kier molecular flexibility index (Phi) is 7.10. The number of ether oxygens (including phenoxy) is 2. The molecule has 196 valence electrons. The second-order valence-corrected chi connectivity index (χ2v) is 10.7. The Bertz CT molecular complexity index is 1010. The van der Waals surface area contributed by atoms with Crippen molar-refractivity contribution >= 4 is 17.8 Å². The summed E-state index contributed by atoms with van der Waals surface area (Å²) >= 11 is 0. The van der Waals surface area contributed by atoms with Gasteiger partial charge in [0.1, 0.15) is 5.54 Å². The van der Waals surface area contributed by atoms with E-state index in [1.54, 1.807) is 0 Å². The van der Waals surface area contributed by atoms with Crippen molar-refractivity contribution in [1.82, 2.24) is 20.0 Å². The molecule has 36 heavy (non-hydrogen) atoms. The zero-order valence-corrected chi connectivity index (χ0v) is 21.5. The highest BCUT2D eigenvalue weighted by Gasteiger charge is 2.55. The van der Waals surface area contributed by atoms with Gasteiger partial charge in [-0.25, -0.2) is 4.79 Å². The van der Waals surface area contributed by atoms with Gasteiger partial charge in [0.05, 0.1) is 6.42 Å². The van der Waals surface area contributed by atoms with Crippen LogP contribution in [-0.4, -0.2) is 84.1 Å². The van der Waals surface area contributed by atoms with Gasteiger partial charge in [-0.3, -0.25) is 14.5 Å². The Hall–Kier alpha value is -2.81. The van der Waals surface area contributed by atoms with Crippen molar-refractivity contribution in [3.8, 4) is 11.5 Å². The van der Waals surface area contributed by atoms with Gasteiger partial charge in [-0.2, -0.15) is 0 Å². The number of nitrogens with zero attached hydrogens (tertiary/aromatic N) is 3. The lowest BCUT2D eigenvalue weighted by molar-refractivity contribution is -0.136. The summed E-state index contributed by atoms with van der Waals surface area (Å²) in [4.78, 5) is 45.3. The molecule has 9 nitrogen and oxygen atoms in total. The van der Waals surface area contributed by atoms with Crippen LogP contribution in [0.5, 0.6) is 11.5 Å². The lowest BCUT2D eigenvalue weighted by Gasteiger charge is -2.41. The summed E-state index contributed by atoms with van der Waals surface area (Å²) < 4.78 is 10.8. The molecule has 1 aromatic rings. The summed E-state index contributed by atoms with van der Waals surface area (Å²) in [5, 5.41) is 3.13. The van der Waals surface area contributed by atoms with Gasteiger partial charge in [0.15, 0.2) is 11.5 Å². The fraction of sp³-hybridized carbons (Fsp3) is 0.667. The molecule has 0 spiro atoms. The Labute approximate surface area is 213 Å². The molecule has 0 aromatic heterocycles. The van der Waals surface area contributed by atoms with Crippen LogP contribution in [0, 0.1) is 5.92 Å². The molecule has 4 aliphatic heterocycles. The third-order valence-corrected chi connectivity index (χ3v) is 8.54. The molecule has 4 aliphatic rings. The highest BCUT2D eigenvalue weighted by molar-refractivity contribution is 6.07. The second-order valence-electron chi connectivity index (χ2n) is 10.7. The number of carbonyl (C=O) groups excluding carboxylic acids is 3. The SMILES string of the molecule is CCC[C@]1(C2CCN(C(=O)Cc3ccc4c(c3)OCO4)CC2)NC(=O)N(CC[C@@H]2CCCN2C)C1=O. The van der Waals surface area contributed by atoms with Gasteiger partial charge in [0, 0.05) is 25.7 Å². The van der Waals surface area contributed by atoms with Crippen molar-refractivity contribution in [3.05, 3.63) is 23.8 Å². The summed E-state index contributed by atoms with van der Waals surface area (Å²) in [6.45, 7) is 5.01. The predicted octanol–water partition coefficient (Wildman–Crippen LogP) is 2.77. The largest absolute Gasteiger partial charge is 0.454 e. The molecule has 0 saturated carbocycles. The summed E-state index contributed by atoms with van der Waals surface area (Å²) in [7, 11) is 2.12. The summed E-state index contributed by atoms with van der Waals surface area (Å²) in [5.74, 6) is 1.42. The molecule has 0 bridgehead atoms. The van der Waals surface area contributed by atoms with E-state index >= 15 is 0 Å². The first-order valence-corrected chi connectivity index (χ1v) is 13.4. The van der Waals surface area contributed by atoms with Gasteiger partial charge in [0.2, 0.25) is 12.7 Å². The van der Waals surface area contributed by atoms with E-state index in [1.807, 2.05) is 23.1 Å². The van der Waals surface area contributed by atoms with E-state index in [2.05, 4.69) is 24.2 Å². The molecule has 4 amide bonds. The van der Waals surface area contributed by atoms with Gasteiger partial charge in [-0.1, -0.05) is 19.4 Å². The first-order valence-electron chi connectivity index (χ1n) is 13.4. The maximum Gasteiger partial charge on any atom is 0.325 e. The molecule has 1 aromatic carbocycles. The normalized spacial score (nSPS) is 26.7. The number of benzene rings is 1. The molecule has 4 heterocycles. The lowest BCUT2D eigenvalue weighted by atomic mass is 9.74. The molecule has 3 fully saturated rings. The van der Waals surface area contributed by atoms with Crippen molar-refractivity contribution < 1.29 is 23.9 Å². The fourth-order valence-corrected chi connectivity index (χ4v) is 6.47. The Morgan fingerprint density at radius 1 is 1.11 bits per heavy atom. The number of urea groups is 1. The van der Waals surface area contributed by atoms with Crippen LogP contribution >= 0.6 is 0 Å². The van der Waals surface area contributed by atoms with Gasteiger partial charge in [0.25, 0.3) is 5.91 Å². The quantitative estimate of drug-likeness (QED) is 0.555. The summed E-state index contributed by atoms with van der Waals surface area (Å²) in [5.41, 5.74) is 0.0514. The first kappa shape index (κ1) is 24.9. The van der Waals surface area contributed by atoms with Crippen molar-refractivity contribution in [1.29, 1.82) is 0 Å². The standard InChI is InChI=1S/C27H38N4O5/c1-3-11-27(25(33)31(26(34)28-27)15-10-21-5-4-12-29(21)2)20-8-13-30(14-9-20)24(32)17-19-6-7-22-23(16-19)36-18-35-22/h6-7,16,20-21H,3-5,8-15,17-18H2,1-2H3,(H,28,34)/t21-,27+/m0/s1. The smallest absolute Gasteiger partial charge is 0.325 e. The predicted molar refractivity (Wildman–Crippen MR) is 134 cm³/mol. The van der Waals surface area contributed by atoms with Crippen LogP contribution in [0.25, 0.3) is 0 Å². The molecule has 0 unspecified atom stereocenters. The zero-order chi connectivity index (χ0) is 25.3. The monoisotopic (exact) mass is 498 g/mol. The Morgan fingerprint density at radius 3 is 2.61 bits per heavy atom. The van der Waals surface area contributed by atoms with Crippen LogP contribution in [0.4, 0.5) is 4.79 Å². The van der Waals surface area contributed by atoms with Crippen LogP contribution < -0.4 is 14.8 Å². The fourth-order valence-electron chi connectivity index (χ4n) is 6.47. The van der Waals surface area contributed by atoms with Crippen LogP contribution in [-0.2, 0) is 16.0 Å². The van der Waals surface area contributed by atoms with Gasteiger partial charge in [-0.05, 0) is 75.7 Å². The number of nitrogens with one attached hydrogen (secondary N) is 1. The number of hydrogen-bond donors (Lipinski definition) is 1. The molecule has 2 atom stereocenters. The van der Waals surface area contributed by atoms with Crippen LogP contribution in [0.15, 0.2) is 18.2 Å². The minimum absolute atomic E-state index is 0.0302. The number of carbonyl (C=O) groups is 3. The van der Waals surface area contributed by atoms with Crippen molar-refractivity contribution in [2.24, 2.45) is 5.92 Å². The third-order valence-electron chi connectivity index (χ3n) is 8.54. The average Bonchev–Trinajstić information content (AvgIpc) is 3.57. The number of fused-ring (bicyclic) bond motifs is 1. The average molecular weight is 499 g/mol. The molecule has 9 heteroatoms. The summed E-state index contributed by atoms with van der Waals surface area (Å²) in [6, 6.07) is 5.80. The number of hydrogen-bond acceptors (Lipinski definition) is 6. The summed E-state index contributed by atoms with van der Waals surface area (Å²) in [6.07, 6.45) is 6.29. The maximum atomic E-state index is 13.7. The number of amides is 4. The van der Waals surface area contributed by atoms with Crippen molar-refractivity contribution in [2.45, 2.75) is 69.9 Å². The number of piperidine rings is 1. The maximum absolute atomic E-state index is 13.7. The molecule has 1 N–H and O–H groups in total. The van der Waals surface area contributed by atoms with Crippen LogP contribution in [0.1, 0.15) is 57.4 Å². The van der Waals surface area contributed by atoms with Crippen molar-refractivity contribution in [2.75, 3.05) is 40.0 Å². The van der Waals surface area contributed by atoms with E-state index in [0.717, 1.165) is 31.4 Å². The van der Waals surface area contributed by atoms with Crippen LogP contribution in [0.2, 0.25) is 0 Å². The zero-order valence-electron chi connectivity index (χ0n) is 21.5. The van der Waals surface area contributed by atoms with Crippen LogP contribution in [0.3, 0.4) is 0 Å². The van der Waals surface area contributed by atoms with E-state index < -0.39 is 5.54 Å². The molecule has 3 saturated heterocycles. The van der Waals surface area contributed by atoms with Gasteiger partial charge >= 0.3 is 6.03 Å². The van der Waals surface area contributed by atoms with E-state index in [4.69, 9.17) is 9.47 Å². The Balaban J connectivity index is 1.19. The lowest BCUT2D eigenvalue weighted by Crippen LogP contribution is -2.56.